The lowest BCUT2D eigenvalue weighted by molar-refractivity contribution is -0.385. The number of carbonyl (C=O) groups excluding carboxylic acids is 2. The number of nitrogens with zero attached hydrogens (tertiary/aromatic N) is 12. The van der Waals surface area contributed by atoms with E-state index in [4.69, 9.17) is 61.6 Å². The summed E-state index contributed by atoms with van der Waals surface area (Å²) in [5, 5.41) is 34.5. The van der Waals surface area contributed by atoms with Gasteiger partial charge in [0.25, 0.3) is 0 Å². The molecule has 0 spiro atoms. The molecule has 0 unspecified atom stereocenters. The number of carbonyl (C=O) groups is 2. The van der Waals surface area contributed by atoms with Gasteiger partial charge in [0, 0.05) is 26.2 Å². The normalized spacial score (nSPS) is 13.0. The number of halogens is 4. The SMILES string of the molecule is CCOC(=O)CN(Cc1cccc(CN2CCCC2)c1)c1nc(CS)nc(N)c1[N+](=O)[O-].CCOC(=O)CNCc1cccc(CN2CCCC2)c1.O=[N+]([O-])c1c(Cl)nc(CS)nc1Cl.O=[N+]([O-])c1c(Cl)nc(CS)nc1Cl. The number of hydrogen-bond acceptors (Lipinski definition) is 24. The molecule has 2 fully saturated rings. The van der Waals surface area contributed by atoms with E-state index in [2.05, 4.69) is 113 Å². The predicted molar refractivity (Wildman–Crippen MR) is 307 cm³/mol. The van der Waals surface area contributed by atoms with E-state index >= 15 is 0 Å². The van der Waals surface area contributed by atoms with Crippen LogP contribution in [0.15, 0.2) is 48.5 Å². The quantitative estimate of drug-likeness (QED) is 0.0151. The zero-order chi connectivity index (χ0) is 57.3. The van der Waals surface area contributed by atoms with Gasteiger partial charge in [-0.1, -0.05) is 94.9 Å². The number of nitrogen functional groups attached to an aromatic ring is 1. The maximum absolute atomic E-state index is 12.3. The van der Waals surface area contributed by atoms with E-state index in [-0.39, 0.29) is 99.2 Å². The minimum Gasteiger partial charge on any atom is -0.465 e. The predicted octanol–water partition coefficient (Wildman–Crippen LogP) is 8.74. The summed E-state index contributed by atoms with van der Waals surface area (Å²) in [6.07, 6.45) is 5.06. The van der Waals surface area contributed by atoms with E-state index in [1.807, 2.05) is 25.1 Å². The van der Waals surface area contributed by atoms with Crippen LogP contribution in [-0.2, 0) is 62.5 Å². The van der Waals surface area contributed by atoms with Crippen LogP contribution in [0.5, 0.6) is 0 Å². The van der Waals surface area contributed by atoms with Crippen LogP contribution in [-0.4, -0.2) is 119 Å². The number of likely N-dealkylation sites (tertiary alicyclic amines) is 2. The van der Waals surface area contributed by atoms with Crippen molar-refractivity contribution in [2.24, 2.45) is 0 Å². The fourth-order valence-electron chi connectivity index (χ4n) is 7.67. The van der Waals surface area contributed by atoms with Crippen LogP contribution >= 0.6 is 84.3 Å². The van der Waals surface area contributed by atoms with Gasteiger partial charge in [-0.05, 0) is 88.0 Å². The number of anilines is 2. The number of hydrogen-bond donors (Lipinski definition) is 5. The van der Waals surface area contributed by atoms with Gasteiger partial charge in [0.15, 0.2) is 0 Å². The van der Waals surface area contributed by atoms with Crippen molar-refractivity contribution in [3.63, 3.8) is 0 Å². The third-order valence-corrected chi connectivity index (χ3v) is 12.9. The summed E-state index contributed by atoms with van der Waals surface area (Å²) in [5.41, 5.74) is 9.07. The van der Waals surface area contributed by atoms with Gasteiger partial charge in [0.2, 0.25) is 32.2 Å². The van der Waals surface area contributed by atoms with Crippen LogP contribution in [0.25, 0.3) is 0 Å². The first kappa shape index (κ1) is 65.0. The zero-order valence-electron chi connectivity index (χ0n) is 42.4. The van der Waals surface area contributed by atoms with Gasteiger partial charge in [-0.2, -0.15) is 37.9 Å². The number of thiol groups is 3. The standard InChI is InChI=1S/C21H28N6O4S.C16H24N2O2.2C5H3Cl2N3O2S/c1-2-31-18(28)13-26(21-19(27(29)30)20(22)23-17(14-32)24-21)12-16-7-5-6-15(10-16)11-25-8-3-4-9-25;1-2-20-16(19)12-17-11-14-6-5-7-15(10-14)13-18-8-3-4-9-18;2*6-4-3(10(11)12)5(7)9-2(1-13)8-4/h5-7,10,32H,2-4,8-9,11-14H2,1H3,(H2,22,23,24);5-7,10,17H,2-4,8-9,11-13H2,1H3;2*13H,1H2. The number of nitrogens with one attached hydrogen (secondary N) is 1. The molecule has 0 bridgehead atoms. The van der Waals surface area contributed by atoms with Crippen molar-refractivity contribution in [2.45, 2.75) is 83.0 Å². The lowest BCUT2D eigenvalue weighted by Crippen LogP contribution is -2.32. The lowest BCUT2D eigenvalue weighted by atomic mass is 10.1. The molecule has 78 heavy (non-hydrogen) atoms. The third-order valence-electron chi connectivity index (χ3n) is 11.0. The molecule has 2 aromatic carbocycles. The summed E-state index contributed by atoms with van der Waals surface area (Å²) in [6.45, 7) is 11.6. The minimum atomic E-state index is -0.729. The Labute approximate surface area is 486 Å². The molecule has 3 N–H and O–H groups in total. The number of nitrogens with two attached hydrogens (primary N) is 1. The van der Waals surface area contributed by atoms with E-state index in [1.165, 1.54) is 54.8 Å². The molecule has 2 aliphatic heterocycles. The molecule has 24 nitrogen and oxygen atoms in total. The van der Waals surface area contributed by atoms with Crippen LogP contribution in [0.3, 0.4) is 0 Å². The first-order valence-electron chi connectivity index (χ1n) is 24.0. The van der Waals surface area contributed by atoms with Crippen LogP contribution in [0.1, 0.15) is 79.3 Å². The molecule has 31 heteroatoms. The molecule has 0 aliphatic carbocycles. The molecule has 2 aliphatic rings. The first-order chi connectivity index (χ1) is 37.3. The van der Waals surface area contributed by atoms with E-state index in [1.54, 1.807) is 6.92 Å². The highest BCUT2D eigenvalue weighted by Crippen LogP contribution is 2.33. The highest BCUT2D eigenvalue weighted by atomic mass is 35.5. The van der Waals surface area contributed by atoms with Crippen LogP contribution < -0.4 is 16.0 Å². The topological polar surface area (TPSA) is 307 Å². The van der Waals surface area contributed by atoms with Crippen molar-refractivity contribution in [3.8, 4) is 0 Å². The van der Waals surface area contributed by atoms with Crippen molar-refractivity contribution >= 4 is 125 Å². The average molecular weight is 1220 g/mol. The Morgan fingerprint density at radius 2 is 1.03 bits per heavy atom. The largest absolute Gasteiger partial charge is 0.465 e. The number of aromatic nitrogens is 6. The Morgan fingerprint density at radius 3 is 1.45 bits per heavy atom. The minimum absolute atomic E-state index is 0.0236. The Morgan fingerprint density at radius 1 is 0.628 bits per heavy atom. The van der Waals surface area contributed by atoms with Crippen LogP contribution in [0.2, 0.25) is 20.6 Å². The average Bonchev–Trinajstić information content (AvgIpc) is 4.12. The van der Waals surface area contributed by atoms with E-state index in [9.17, 15) is 39.9 Å². The fraction of sp³-hybridized carbons (Fsp3) is 0.447. The van der Waals surface area contributed by atoms with E-state index < -0.39 is 37.8 Å². The second-order valence-corrected chi connectivity index (χ2v) is 19.1. The summed E-state index contributed by atoms with van der Waals surface area (Å²) in [7, 11) is 0. The number of benzene rings is 2. The summed E-state index contributed by atoms with van der Waals surface area (Å²) in [6, 6.07) is 16.5. The summed E-state index contributed by atoms with van der Waals surface area (Å²) < 4.78 is 9.97. The molecule has 5 aromatic rings. The van der Waals surface area contributed by atoms with Gasteiger partial charge in [-0.15, -0.1) is 0 Å². The molecule has 0 amide bonds. The third kappa shape index (κ3) is 21.3. The first-order valence-corrected chi connectivity index (χ1v) is 27.4. The molecule has 5 heterocycles. The van der Waals surface area contributed by atoms with E-state index in [0.29, 0.717) is 13.2 Å². The van der Waals surface area contributed by atoms with Gasteiger partial charge >= 0.3 is 29.0 Å². The maximum atomic E-state index is 12.3. The van der Waals surface area contributed by atoms with Gasteiger partial charge < -0.3 is 25.4 Å². The molecule has 0 radical (unpaired) electrons. The number of nitro groups is 3. The summed E-state index contributed by atoms with van der Waals surface area (Å²) >= 11 is 33.9. The fourth-order valence-corrected chi connectivity index (χ4v) is 9.22. The monoisotopic (exact) mass is 1210 g/mol. The van der Waals surface area contributed by atoms with Crippen LogP contribution in [0, 0.1) is 30.3 Å². The van der Waals surface area contributed by atoms with Crippen molar-refractivity contribution in [1.82, 2.24) is 45.0 Å². The summed E-state index contributed by atoms with van der Waals surface area (Å²) in [5.74, 6) is 0.337. The van der Waals surface area contributed by atoms with Gasteiger partial charge in [0.1, 0.15) is 24.0 Å². The van der Waals surface area contributed by atoms with Crippen molar-refractivity contribution < 1.29 is 33.8 Å². The van der Waals surface area contributed by atoms with Gasteiger partial charge in [0.05, 0.1) is 51.8 Å². The van der Waals surface area contributed by atoms with E-state index in [0.717, 1.165) is 37.3 Å². The number of esters is 2. The van der Waals surface area contributed by atoms with Crippen LogP contribution in [0.4, 0.5) is 28.7 Å². The second-order valence-electron chi connectivity index (χ2n) is 16.8. The molecule has 2 saturated heterocycles. The Kier molecular flexibility index (Phi) is 28.2. The maximum Gasteiger partial charge on any atom is 0.353 e. The Bertz CT molecular complexity index is 2730. The Hall–Kier alpha value is -5.49. The number of ether oxygens (including phenoxy) is 2. The lowest BCUT2D eigenvalue weighted by Gasteiger charge is -2.24. The molecule has 422 valence electrons. The molecule has 3 aromatic heterocycles. The molecular formula is C47H58Cl4N14O10S3. The molecule has 0 atom stereocenters. The van der Waals surface area contributed by atoms with Gasteiger partial charge in [-0.3, -0.25) is 49.7 Å². The molecule has 7 rings (SSSR count). The molecule has 0 saturated carbocycles. The Balaban J connectivity index is 0.000000243. The smallest absolute Gasteiger partial charge is 0.353 e. The summed E-state index contributed by atoms with van der Waals surface area (Å²) in [4.78, 5) is 83.1. The highest BCUT2D eigenvalue weighted by Gasteiger charge is 2.29. The van der Waals surface area contributed by atoms with Crippen molar-refractivity contribution in [3.05, 3.63) is 139 Å². The zero-order valence-corrected chi connectivity index (χ0v) is 48.1. The van der Waals surface area contributed by atoms with Crippen molar-refractivity contribution in [2.75, 3.05) is 63.1 Å². The number of rotatable bonds is 21. The molecular weight excluding hydrogens is 1160 g/mol. The highest BCUT2D eigenvalue weighted by molar-refractivity contribution is 7.79. The van der Waals surface area contributed by atoms with Crippen molar-refractivity contribution in [1.29, 1.82) is 0 Å². The van der Waals surface area contributed by atoms with Gasteiger partial charge in [-0.25, -0.2) is 29.9 Å². The second kappa shape index (κ2) is 33.8.